The van der Waals surface area contributed by atoms with Crippen molar-refractivity contribution in [2.45, 2.75) is 32.1 Å². The van der Waals surface area contributed by atoms with Crippen molar-refractivity contribution in [3.63, 3.8) is 0 Å². The molecule has 7 nitrogen and oxygen atoms in total. The van der Waals surface area contributed by atoms with Gasteiger partial charge in [-0.2, -0.15) is 0 Å². The fourth-order valence-electron chi connectivity index (χ4n) is 1.72. The van der Waals surface area contributed by atoms with Gasteiger partial charge in [0.2, 0.25) is 11.1 Å². The van der Waals surface area contributed by atoms with Gasteiger partial charge in [-0.15, -0.1) is 5.10 Å². The predicted octanol–water partition coefficient (Wildman–Crippen LogP) is 1.67. The lowest BCUT2D eigenvalue weighted by atomic mass is 10.2. The third-order valence-corrected chi connectivity index (χ3v) is 3.70. The molecule has 0 aromatic carbocycles. The molecule has 0 saturated heterocycles. The van der Waals surface area contributed by atoms with Gasteiger partial charge in [0.05, 0.1) is 18.6 Å². The zero-order chi connectivity index (χ0) is 15.2. The molecule has 0 N–H and O–H groups in total. The Morgan fingerprint density at radius 3 is 3.00 bits per heavy atom. The van der Waals surface area contributed by atoms with Crippen molar-refractivity contribution in [1.82, 2.24) is 25.1 Å². The molecule has 0 atom stereocenters. The first kappa shape index (κ1) is 15.6. The maximum absolute atomic E-state index is 12.1. The molecule has 1 amide bonds. The molecule has 114 valence electrons. The minimum atomic E-state index is 0.00972. The summed E-state index contributed by atoms with van der Waals surface area (Å²) in [6.07, 6.45) is 1.60. The van der Waals surface area contributed by atoms with Crippen molar-refractivity contribution in [1.29, 1.82) is 0 Å². The van der Waals surface area contributed by atoms with Crippen LogP contribution in [0, 0.1) is 5.92 Å². The molecule has 0 bridgehead atoms. The van der Waals surface area contributed by atoms with E-state index < -0.39 is 0 Å². The maximum Gasteiger partial charge on any atom is 0.233 e. The van der Waals surface area contributed by atoms with E-state index >= 15 is 0 Å². The zero-order valence-corrected chi connectivity index (χ0v) is 13.2. The van der Waals surface area contributed by atoms with Crippen LogP contribution in [0.1, 0.15) is 19.6 Å². The SMILES string of the molecule is CC(C)Cn1nnnc1SCC(=O)N(C)Cc1ccco1. The van der Waals surface area contributed by atoms with E-state index in [4.69, 9.17) is 4.42 Å². The highest BCUT2D eigenvalue weighted by atomic mass is 32.2. The first-order valence-corrected chi connectivity index (χ1v) is 7.70. The van der Waals surface area contributed by atoms with E-state index in [1.165, 1.54) is 11.8 Å². The summed E-state index contributed by atoms with van der Waals surface area (Å²) >= 11 is 1.35. The van der Waals surface area contributed by atoms with Crippen LogP contribution in [0.3, 0.4) is 0 Å². The van der Waals surface area contributed by atoms with Gasteiger partial charge < -0.3 is 9.32 Å². The van der Waals surface area contributed by atoms with Crippen LogP contribution in [-0.4, -0.2) is 43.8 Å². The van der Waals surface area contributed by atoms with Crippen LogP contribution >= 0.6 is 11.8 Å². The normalized spacial score (nSPS) is 11.0. The second kappa shape index (κ2) is 7.26. The van der Waals surface area contributed by atoms with Gasteiger partial charge in [0, 0.05) is 13.6 Å². The minimum absolute atomic E-state index is 0.00972. The topological polar surface area (TPSA) is 77.1 Å². The fraction of sp³-hybridized carbons (Fsp3) is 0.538. The molecule has 0 radical (unpaired) electrons. The molecular formula is C13H19N5O2S. The van der Waals surface area contributed by atoms with Gasteiger partial charge in [0.25, 0.3) is 0 Å². The Morgan fingerprint density at radius 1 is 1.52 bits per heavy atom. The Bertz CT molecular complexity index is 567. The smallest absolute Gasteiger partial charge is 0.233 e. The molecular weight excluding hydrogens is 290 g/mol. The first-order valence-electron chi connectivity index (χ1n) is 6.71. The number of nitrogens with zero attached hydrogens (tertiary/aromatic N) is 5. The summed E-state index contributed by atoms with van der Waals surface area (Å²) in [5, 5.41) is 12.2. The number of hydrogen-bond acceptors (Lipinski definition) is 6. The number of rotatable bonds is 7. The molecule has 0 aliphatic carbocycles. The lowest BCUT2D eigenvalue weighted by Crippen LogP contribution is -2.27. The average Bonchev–Trinajstić information content (AvgIpc) is 3.07. The second-order valence-electron chi connectivity index (χ2n) is 5.16. The van der Waals surface area contributed by atoms with Crippen molar-refractivity contribution in [2.75, 3.05) is 12.8 Å². The lowest BCUT2D eigenvalue weighted by molar-refractivity contribution is -0.127. The highest BCUT2D eigenvalue weighted by Crippen LogP contribution is 2.16. The van der Waals surface area contributed by atoms with E-state index in [2.05, 4.69) is 29.4 Å². The quantitative estimate of drug-likeness (QED) is 0.724. The van der Waals surface area contributed by atoms with Crippen LogP contribution in [0.4, 0.5) is 0 Å². The fourth-order valence-corrected chi connectivity index (χ4v) is 2.55. The summed E-state index contributed by atoms with van der Waals surface area (Å²) in [4.78, 5) is 13.7. The number of tetrazole rings is 1. The largest absolute Gasteiger partial charge is 0.467 e. The Labute approximate surface area is 127 Å². The van der Waals surface area contributed by atoms with Gasteiger partial charge in [-0.3, -0.25) is 4.79 Å². The number of hydrogen-bond donors (Lipinski definition) is 0. The maximum atomic E-state index is 12.1. The Morgan fingerprint density at radius 2 is 2.33 bits per heavy atom. The van der Waals surface area contributed by atoms with E-state index in [1.807, 2.05) is 12.1 Å². The van der Waals surface area contributed by atoms with Gasteiger partial charge in [-0.1, -0.05) is 25.6 Å². The first-order chi connectivity index (χ1) is 10.1. The summed E-state index contributed by atoms with van der Waals surface area (Å²) in [5.74, 6) is 1.52. The number of furan rings is 1. The average molecular weight is 309 g/mol. The Hall–Kier alpha value is -1.83. The summed E-state index contributed by atoms with van der Waals surface area (Å²) < 4.78 is 6.96. The molecule has 8 heteroatoms. The van der Waals surface area contributed by atoms with Crippen LogP contribution in [0.5, 0.6) is 0 Å². The predicted molar refractivity (Wildman–Crippen MR) is 78.6 cm³/mol. The van der Waals surface area contributed by atoms with Crippen LogP contribution in [0.2, 0.25) is 0 Å². The number of carbonyl (C=O) groups excluding carboxylic acids is 1. The molecule has 0 aliphatic rings. The zero-order valence-electron chi connectivity index (χ0n) is 12.4. The minimum Gasteiger partial charge on any atom is -0.467 e. The highest BCUT2D eigenvalue weighted by Gasteiger charge is 2.14. The third-order valence-electron chi connectivity index (χ3n) is 2.76. The summed E-state index contributed by atoms with van der Waals surface area (Å²) in [7, 11) is 1.75. The number of aromatic nitrogens is 4. The molecule has 0 unspecified atom stereocenters. The van der Waals surface area contributed by atoms with E-state index in [1.54, 1.807) is 22.9 Å². The summed E-state index contributed by atoms with van der Waals surface area (Å²) in [6, 6.07) is 3.66. The van der Waals surface area contributed by atoms with Gasteiger partial charge in [0.1, 0.15) is 5.76 Å². The number of thioether (sulfide) groups is 1. The Kier molecular flexibility index (Phi) is 5.38. The third kappa shape index (κ3) is 4.59. The van der Waals surface area contributed by atoms with Gasteiger partial charge in [-0.25, -0.2) is 4.68 Å². The van der Waals surface area contributed by atoms with Crippen molar-refractivity contribution >= 4 is 17.7 Å². The molecule has 0 saturated carbocycles. The van der Waals surface area contributed by atoms with Crippen molar-refractivity contribution < 1.29 is 9.21 Å². The van der Waals surface area contributed by atoms with Crippen LogP contribution in [0.25, 0.3) is 0 Å². The van der Waals surface area contributed by atoms with Crippen molar-refractivity contribution in [3.8, 4) is 0 Å². The molecule has 2 heterocycles. The molecule has 21 heavy (non-hydrogen) atoms. The Balaban J connectivity index is 1.84. The number of carbonyl (C=O) groups is 1. The summed E-state index contributed by atoms with van der Waals surface area (Å²) in [6.45, 7) is 5.39. The number of amides is 1. The molecule has 2 aromatic heterocycles. The standard InChI is InChI=1S/C13H19N5O2S/c1-10(2)7-18-13(14-15-16-18)21-9-12(19)17(3)8-11-5-4-6-20-11/h4-6,10H,7-9H2,1-3H3. The van der Waals surface area contributed by atoms with E-state index in [0.717, 1.165) is 12.3 Å². The monoisotopic (exact) mass is 309 g/mol. The van der Waals surface area contributed by atoms with Gasteiger partial charge in [-0.05, 0) is 28.5 Å². The molecule has 0 spiro atoms. The molecule has 0 fully saturated rings. The van der Waals surface area contributed by atoms with E-state index in [9.17, 15) is 4.79 Å². The van der Waals surface area contributed by atoms with Crippen LogP contribution < -0.4 is 0 Å². The van der Waals surface area contributed by atoms with E-state index in [-0.39, 0.29) is 5.91 Å². The highest BCUT2D eigenvalue weighted by molar-refractivity contribution is 7.99. The molecule has 2 rings (SSSR count). The van der Waals surface area contributed by atoms with Crippen molar-refractivity contribution in [2.24, 2.45) is 5.92 Å². The van der Waals surface area contributed by atoms with Crippen molar-refractivity contribution in [3.05, 3.63) is 24.2 Å². The molecule has 0 aliphatic heterocycles. The second-order valence-corrected chi connectivity index (χ2v) is 6.10. The van der Waals surface area contributed by atoms with Crippen LogP contribution in [0.15, 0.2) is 28.0 Å². The van der Waals surface area contributed by atoms with Crippen LogP contribution in [-0.2, 0) is 17.9 Å². The lowest BCUT2D eigenvalue weighted by Gasteiger charge is -2.15. The van der Waals surface area contributed by atoms with E-state index in [0.29, 0.717) is 23.4 Å². The van der Waals surface area contributed by atoms with Gasteiger partial charge >= 0.3 is 0 Å². The summed E-state index contributed by atoms with van der Waals surface area (Å²) in [5.41, 5.74) is 0. The molecule has 2 aromatic rings. The van der Waals surface area contributed by atoms with Gasteiger partial charge in [0.15, 0.2) is 0 Å².